The third-order valence-corrected chi connectivity index (χ3v) is 6.10. The van der Waals surface area contributed by atoms with E-state index in [-0.39, 0.29) is 23.7 Å². The number of amides is 3. The molecule has 154 valence electrons. The maximum absolute atomic E-state index is 13.3. The molecule has 1 aromatic carbocycles. The zero-order valence-corrected chi connectivity index (χ0v) is 17.1. The standard InChI is InChI=1S/C22H32FN3O2/c1-24(2)22(28)25-14-12-18(13-15-25)21(27)26(20-5-3-4-6-20)16-11-17-7-9-19(23)10-8-17/h7-10,18,20H,3-6,11-16H2,1-2H3. The first-order valence-corrected chi connectivity index (χ1v) is 10.5. The van der Waals surface area contributed by atoms with Gasteiger partial charge >= 0.3 is 6.03 Å². The number of hydrogen-bond acceptors (Lipinski definition) is 2. The van der Waals surface area contributed by atoms with Crippen LogP contribution in [0.15, 0.2) is 24.3 Å². The fourth-order valence-electron chi connectivity index (χ4n) is 4.42. The van der Waals surface area contributed by atoms with E-state index in [9.17, 15) is 14.0 Å². The molecule has 0 atom stereocenters. The van der Waals surface area contributed by atoms with Gasteiger partial charge in [-0.2, -0.15) is 0 Å². The molecule has 1 heterocycles. The van der Waals surface area contributed by atoms with E-state index in [2.05, 4.69) is 4.90 Å². The van der Waals surface area contributed by atoms with Gasteiger partial charge in [0.2, 0.25) is 5.91 Å². The number of hydrogen-bond donors (Lipinski definition) is 0. The van der Waals surface area contributed by atoms with Crippen LogP contribution in [-0.2, 0) is 11.2 Å². The SMILES string of the molecule is CN(C)C(=O)N1CCC(C(=O)N(CCc2ccc(F)cc2)C2CCCC2)CC1. The highest BCUT2D eigenvalue weighted by molar-refractivity contribution is 5.80. The Morgan fingerprint density at radius 1 is 1.04 bits per heavy atom. The second-order valence-electron chi connectivity index (χ2n) is 8.28. The Hall–Kier alpha value is -2.11. The molecule has 1 saturated heterocycles. The molecule has 3 amide bonds. The van der Waals surface area contributed by atoms with Crippen molar-refractivity contribution in [1.29, 1.82) is 0 Å². The average molecular weight is 390 g/mol. The summed E-state index contributed by atoms with van der Waals surface area (Å²) in [5.74, 6) is 0.0116. The van der Waals surface area contributed by atoms with E-state index >= 15 is 0 Å². The number of halogens is 1. The Morgan fingerprint density at radius 3 is 2.21 bits per heavy atom. The molecule has 2 fully saturated rings. The molecule has 5 nitrogen and oxygen atoms in total. The number of carbonyl (C=O) groups excluding carboxylic acids is 2. The van der Waals surface area contributed by atoms with Crippen LogP contribution in [0.25, 0.3) is 0 Å². The second kappa shape index (κ2) is 9.39. The summed E-state index contributed by atoms with van der Waals surface area (Å²) < 4.78 is 13.1. The van der Waals surface area contributed by atoms with Gasteiger partial charge in [0, 0.05) is 45.7 Å². The van der Waals surface area contributed by atoms with Crippen molar-refractivity contribution in [2.45, 2.75) is 51.0 Å². The van der Waals surface area contributed by atoms with Gasteiger partial charge in [-0.3, -0.25) is 4.79 Å². The molecule has 6 heteroatoms. The number of carbonyl (C=O) groups is 2. The first kappa shape index (κ1) is 20.6. The molecule has 0 N–H and O–H groups in total. The number of nitrogens with zero attached hydrogens (tertiary/aromatic N) is 3. The Bertz CT molecular complexity index is 663. The highest BCUT2D eigenvalue weighted by Crippen LogP contribution is 2.28. The summed E-state index contributed by atoms with van der Waals surface area (Å²) in [4.78, 5) is 31.0. The maximum Gasteiger partial charge on any atom is 0.319 e. The van der Waals surface area contributed by atoms with Crippen molar-refractivity contribution >= 4 is 11.9 Å². The van der Waals surface area contributed by atoms with E-state index in [0.717, 1.165) is 37.7 Å². The number of urea groups is 1. The van der Waals surface area contributed by atoms with E-state index in [1.807, 2.05) is 4.90 Å². The topological polar surface area (TPSA) is 43.9 Å². The lowest BCUT2D eigenvalue weighted by Gasteiger charge is -2.37. The van der Waals surface area contributed by atoms with Crippen LogP contribution < -0.4 is 0 Å². The minimum Gasteiger partial charge on any atom is -0.339 e. The maximum atomic E-state index is 13.3. The quantitative estimate of drug-likeness (QED) is 0.773. The van der Waals surface area contributed by atoms with Gasteiger partial charge in [-0.1, -0.05) is 25.0 Å². The first-order chi connectivity index (χ1) is 13.5. The zero-order valence-electron chi connectivity index (χ0n) is 17.1. The lowest BCUT2D eigenvalue weighted by atomic mass is 9.94. The molecular formula is C22H32FN3O2. The van der Waals surface area contributed by atoms with Gasteiger partial charge in [0.25, 0.3) is 0 Å². The van der Waals surface area contributed by atoms with E-state index in [0.29, 0.717) is 25.7 Å². The fourth-order valence-corrected chi connectivity index (χ4v) is 4.42. The summed E-state index contributed by atoms with van der Waals surface area (Å²) in [6.07, 6.45) is 6.73. The normalized spacial score (nSPS) is 18.3. The van der Waals surface area contributed by atoms with Gasteiger partial charge in [-0.15, -0.1) is 0 Å². The van der Waals surface area contributed by atoms with Crippen LogP contribution >= 0.6 is 0 Å². The number of piperidine rings is 1. The van der Waals surface area contributed by atoms with Gasteiger partial charge in [-0.05, 0) is 49.8 Å². The zero-order chi connectivity index (χ0) is 20.1. The van der Waals surface area contributed by atoms with E-state index in [1.54, 1.807) is 31.1 Å². The number of benzene rings is 1. The lowest BCUT2D eigenvalue weighted by molar-refractivity contribution is -0.139. The van der Waals surface area contributed by atoms with E-state index in [4.69, 9.17) is 0 Å². The number of likely N-dealkylation sites (tertiary alicyclic amines) is 1. The van der Waals surface area contributed by atoms with E-state index in [1.165, 1.54) is 25.0 Å². The molecule has 3 rings (SSSR count). The molecule has 1 aliphatic carbocycles. The third kappa shape index (κ3) is 5.03. The third-order valence-electron chi connectivity index (χ3n) is 6.10. The van der Waals surface area contributed by atoms with Crippen molar-refractivity contribution < 1.29 is 14.0 Å². The molecule has 0 bridgehead atoms. The summed E-state index contributed by atoms with van der Waals surface area (Å²) in [5.41, 5.74) is 1.06. The Balaban J connectivity index is 1.61. The van der Waals surface area contributed by atoms with Crippen LogP contribution in [0.4, 0.5) is 9.18 Å². The molecule has 0 spiro atoms. The highest BCUT2D eigenvalue weighted by atomic mass is 19.1. The minimum absolute atomic E-state index is 0.0000278. The average Bonchev–Trinajstić information content (AvgIpc) is 3.23. The largest absolute Gasteiger partial charge is 0.339 e. The van der Waals surface area contributed by atoms with Crippen LogP contribution in [0, 0.1) is 11.7 Å². The van der Waals surface area contributed by atoms with Gasteiger partial charge in [0.15, 0.2) is 0 Å². The van der Waals surface area contributed by atoms with Gasteiger partial charge in [0.1, 0.15) is 5.82 Å². The molecule has 0 unspecified atom stereocenters. The fraction of sp³-hybridized carbons (Fsp3) is 0.636. The van der Waals surface area contributed by atoms with Crippen molar-refractivity contribution in [3.05, 3.63) is 35.6 Å². The van der Waals surface area contributed by atoms with Crippen molar-refractivity contribution in [3.8, 4) is 0 Å². The molecule has 28 heavy (non-hydrogen) atoms. The Labute approximate surface area is 167 Å². The van der Waals surface area contributed by atoms with Crippen molar-refractivity contribution in [3.63, 3.8) is 0 Å². The molecular weight excluding hydrogens is 357 g/mol. The van der Waals surface area contributed by atoms with Crippen molar-refractivity contribution in [1.82, 2.24) is 14.7 Å². The van der Waals surface area contributed by atoms with Gasteiger partial charge in [-0.25, -0.2) is 9.18 Å². The monoisotopic (exact) mass is 389 g/mol. The lowest BCUT2D eigenvalue weighted by Crippen LogP contribution is -2.49. The summed E-state index contributed by atoms with van der Waals surface area (Å²) >= 11 is 0. The Morgan fingerprint density at radius 2 is 1.64 bits per heavy atom. The van der Waals surface area contributed by atoms with Crippen LogP contribution in [0.1, 0.15) is 44.1 Å². The molecule has 2 aliphatic rings. The summed E-state index contributed by atoms with van der Waals surface area (Å²) in [6.45, 7) is 1.97. The molecule has 0 aromatic heterocycles. The van der Waals surface area contributed by atoms with Crippen LogP contribution in [0.3, 0.4) is 0 Å². The van der Waals surface area contributed by atoms with Gasteiger partial charge in [0.05, 0.1) is 0 Å². The smallest absolute Gasteiger partial charge is 0.319 e. The second-order valence-corrected chi connectivity index (χ2v) is 8.28. The Kier molecular flexibility index (Phi) is 6.92. The predicted molar refractivity (Wildman–Crippen MR) is 107 cm³/mol. The van der Waals surface area contributed by atoms with E-state index < -0.39 is 0 Å². The summed E-state index contributed by atoms with van der Waals surface area (Å²) in [7, 11) is 3.52. The molecule has 1 aromatic rings. The first-order valence-electron chi connectivity index (χ1n) is 10.5. The predicted octanol–water partition coefficient (Wildman–Crippen LogP) is 3.53. The van der Waals surface area contributed by atoms with Crippen LogP contribution in [-0.4, -0.2) is 66.4 Å². The minimum atomic E-state index is -0.230. The summed E-state index contributed by atoms with van der Waals surface area (Å²) in [6, 6.07) is 6.92. The highest BCUT2D eigenvalue weighted by Gasteiger charge is 2.34. The van der Waals surface area contributed by atoms with Crippen LogP contribution in [0.2, 0.25) is 0 Å². The molecule has 0 radical (unpaired) electrons. The van der Waals surface area contributed by atoms with Crippen molar-refractivity contribution in [2.75, 3.05) is 33.7 Å². The number of rotatable bonds is 5. The molecule has 1 aliphatic heterocycles. The molecule has 1 saturated carbocycles. The van der Waals surface area contributed by atoms with Crippen molar-refractivity contribution in [2.24, 2.45) is 5.92 Å². The van der Waals surface area contributed by atoms with Crippen LogP contribution in [0.5, 0.6) is 0 Å². The summed E-state index contributed by atoms with van der Waals surface area (Å²) in [5, 5.41) is 0. The van der Waals surface area contributed by atoms with Gasteiger partial charge < -0.3 is 14.7 Å².